The van der Waals surface area contributed by atoms with Crippen LogP contribution >= 0.6 is 0 Å². The van der Waals surface area contributed by atoms with Crippen molar-refractivity contribution in [3.8, 4) is 5.75 Å². The fourth-order valence-corrected chi connectivity index (χ4v) is 5.18. The van der Waals surface area contributed by atoms with E-state index in [0.29, 0.717) is 18.4 Å². The van der Waals surface area contributed by atoms with Gasteiger partial charge >= 0.3 is 5.97 Å². The number of aliphatic imine (C=N–C) groups is 2. The Kier molecular flexibility index (Phi) is 16.0. The first kappa shape index (κ1) is 40.0. The number of benzene rings is 1. The number of nitrogens with zero attached hydrogens (tertiary/aromatic N) is 3. The lowest BCUT2D eigenvalue weighted by molar-refractivity contribution is -0.147. The summed E-state index contributed by atoms with van der Waals surface area (Å²) in [6.45, 7) is 1.73. The maximum atomic E-state index is 13.9. The Morgan fingerprint density at radius 2 is 1.47 bits per heavy atom. The van der Waals surface area contributed by atoms with Gasteiger partial charge in [-0.2, -0.15) is 0 Å². The summed E-state index contributed by atoms with van der Waals surface area (Å²) in [6, 6.07) is -0.105. The molecule has 0 aliphatic carbocycles. The molecule has 0 radical (unpaired) electrons. The van der Waals surface area contributed by atoms with Crippen molar-refractivity contribution >= 4 is 41.5 Å². The fourth-order valence-electron chi connectivity index (χ4n) is 5.18. The molecule has 1 aliphatic heterocycles. The van der Waals surface area contributed by atoms with Gasteiger partial charge in [-0.15, -0.1) is 0 Å². The molecular weight excluding hydrogens is 642 g/mol. The maximum absolute atomic E-state index is 13.9. The third-order valence-corrected chi connectivity index (χ3v) is 7.76. The van der Waals surface area contributed by atoms with Crippen LogP contribution < -0.4 is 44.6 Å². The van der Waals surface area contributed by atoms with E-state index in [2.05, 4.69) is 25.9 Å². The van der Waals surface area contributed by atoms with Gasteiger partial charge in [-0.05, 0) is 63.1 Å². The molecule has 6 atom stereocenters. The van der Waals surface area contributed by atoms with Gasteiger partial charge in [0.2, 0.25) is 23.6 Å². The highest BCUT2D eigenvalue weighted by molar-refractivity contribution is 5.96. The fraction of sp³-hybridized carbons (Fsp3) is 0.567. The van der Waals surface area contributed by atoms with Gasteiger partial charge in [0.25, 0.3) is 0 Å². The van der Waals surface area contributed by atoms with Crippen LogP contribution in [-0.2, 0) is 30.4 Å². The minimum Gasteiger partial charge on any atom is -0.508 e. The van der Waals surface area contributed by atoms with Crippen molar-refractivity contribution in [3.63, 3.8) is 0 Å². The van der Waals surface area contributed by atoms with Gasteiger partial charge < -0.3 is 64.8 Å². The lowest BCUT2D eigenvalue weighted by Gasteiger charge is -2.31. The van der Waals surface area contributed by atoms with E-state index in [-0.39, 0.29) is 69.4 Å². The molecule has 0 unspecified atom stereocenters. The van der Waals surface area contributed by atoms with E-state index in [1.165, 1.54) is 24.0 Å². The SMILES string of the molecule is C[C@@H](O)[C@H](NC(=O)[C@@H]1CCCN1C(=O)[C@H](CCCN=C(N)N)NC(=O)[C@H](Cc1ccc(O)cc1)NC(=O)[C@@H](N)CCCN=C(N)N)C(=O)O. The van der Waals surface area contributed by atoms with Gasteiger partial charge in [0, 0.05) is 26.1 Å². The molecule has 16 N–H and O–H groups in total. The number of carbonyl (C=O) groups is 5. The van der Waals surface area contributed by atoms with Crippen LogP contribution in [0.25, 0.3) is 0 Å². The number of aliphatic hydroxyl groups excluding tert-OH is 1. The number of nitrogens with one attached hydrogen (secondary N) is 3. The lowest BCUT2D eigenvalue weighted by Crippen LogP contribution is -2.59. The predicted octanol–water partition coefficient (Wildman–Crippen LogP) is -3.72. The molecule has 0 spiro atoms. The van der Waals surface area contributed by atoms with Crippen LogP contribution in [0.5, 0.6) is 5.75 Å². The number of hydrogen-bond acceptors (Lipinski definition) is 10. The Morgan fingerprint density at radius 1 is 0.898 bits per heavy atom. The number of guanidine groups is 2. The van der Waals surface area contributed by atoms with Crippen molar-refractivity contribution in [1.82, 2.24) is 20.9 Å². The molecular formula is C30H49N11O8. The number of phenols is 1. The Labute approximate surface area is 283 Å². The van der Waals surface area contributed by atoms with Crippen LogP contribution in [0, 0.1) is 0 Å². The molecule has 0 bridgehead atoms. The Bertz CT molecular complexity index is 1350. The number of rotatable bonds is 19. The van der Waals surface area contributed by atoms with E-state index in [9.17, 15) is 39.3 Å². The second-order valence-electron chi connectivity index (χ2n) is 11.8. The number of phenolic OH excluding ortho intramolecular Hbond substituents is 1. The smallest absolute Gasteiger partial charge is 0.328 e. The van der Waals surface area contributed by atoms with Crippen molar-refractivity contribution in [3.05, 3.63) is 29.8 Å². The van der Waals surface area contributed by atoms with Crippen LogP contribution in [0.2, 0.25) is 0 Å². The van der Waals surface area contributed by atoms with Crippen molar-refractivity contribution in [1.29, 1.82) is 0 Å². The summed E-state index contributed by atoms with van der Waals surface area (Å²) in [7, 11) is 0. The molecule has 0 saturated carbocycles. The van der Waals surface area contributed by atoms with Crippen molar-refractivity contribution in [2.45, 2.75) is 88.2 Å². The molecule has 272 valence electrons. The summed E-state index contributed by atoms with van der Waals surface area (Å²) in [5.41, 5.74) is 28.2. The topological polar surface area (TPSA) is 340 Å². The third-order valence-electron chi connectivity index (χ3n) is 7.76. The number of nitrogens with two attached hydrogens (primary N) is 5. The van der Waals surface area contributed by atoms with Crippen LogP contribution in [0.1, 0.15) is 51.0 Å². The number of aromatic hydroxyl groups is 1. The lowest BCUT2D eigenvalue weighted by atomic mass is 10.0. The van der Waals surface area contributed by atoms with Gasteiger partial charge in [-0.3, -0.25) is 29.2 Å². The zero-order chi connectivity index (χ0) is 36.7. The van der Waals surface area contributed by atoms with Gasteiger partial charge in [-0.1, -0.05) is 12.1 Å². The molecule has 1 aromatic rings. The number of carboxylic acid groups (broad SMARTS) is 1. The van der Waals surface area contributed by atoms with Gasteiger partial charge in [-0.25, -0.2) is 4.79 Å². The number of amides is 4. The van der Waals surface area contributed by atoms with Crippen LogP contribution in [0.15, 0.2) is 34.3 Å². The third kappa shape index (κ3) is 13.5. The van der Waals surface area contributed by atoms with E-state index in [1.807, 2.05) is 0 Å². The number of carboxylic acids is 1. The Balaban J connectivity index is 2.31. The number of carbonyl (C=O) groups excluding carboxylic acids is 4. The Hall–Kier alpha value is -5.17. The van der Waals surface area contributed by atoms with E-state index in [4.69, 9.17) is 28.7 Å². The summed E-state index contributed by atoms with van der Waals surface area (Å²) in [5.74, 6) is -4.47. The average molecular weight is 692 g/mol. The van der Waals surface area contributed by atoms with Gasteiger partial charge in [0.1, 0.15) is 23.9 Å². The van der Waals surface area contributed by atoms with E-state index >= 15 is 0 Å². The normalized spacial score (nSPS) is 17.0. The van der Waals surface area contributed by atoms with Gasteiger partial charge in [0.05, 0.1) is 12.1 Å². The molecule has 2 rings (SSSR count). The summed E-state index contributed by atoms with van der Waals surface area (Å²) < 4.78 is 0. The zero-order valence-corrected chi connectivity index (χ0v) is 27.5. The zero-order valence-electron chi connectivity index (χ0n) is 27.5. The summed E-state index contributed by atoms with van der Waals surface area (Å²) in [6.07, 6.45) is 0.102. The van der Waals surface area contributed by atoms with Crippen molar-refractivity contribution in [2.24, 2.45) is 38.7 Å². The highest BCUT2D eigenvalue weighted by Crippen LogP contribution is 2.21. The molecule has 49 heavy (non-hydrogen) atoms. The average Bonchev–Trinajstić information content (AvgIpc) is 3.53. The number of likely N-dealkylation sites (tertiary alicyclic amines) is 1. The standard InChI is InChI=1S/C30H49N11O8/c1-16(42)23(28(48)49)40-26(46)22-7-4-14-41(22)27(47)20(6-3-13-37-30(34)35)38-25(45)21(15-17-8-10-18(43)11-9-17)39-24(44)19(31)5-2-12-36-29(32)33/h8-11,16,19-23,42-43H,2-7,12-15,31H2,1H3,(H,38,45)(H,39,44)(H,40,46)(H,48,49)(H4,32,33,36)(H4,34,35,37)/t16-,19+,20+,21+,22+,23+/m1/s1. The molecule has 1 saturated heterocycles. The summed E-state index contributed by atoms with van der Waals surface area (Å²) >= 11 is 0. The van der Waals surface area contributed by atoms with Crippen LogP contribution in [0.4, 0.5) is 0 Å². The van der Waals surface area contributed by atoms with Gasteiger partial charge in [0.15, 0.2) is 18.0 Å². The molecule has 19 nitrogen and oxygen atoms in total. The molecule has 0 aromatic heterocycles. The number of aliphatic carboxylic acids is 1. The molecule has 1 aromatic carbocycles. The molecule has 4 amide bonds. The molecule has 1 aliphatic rings. The molecule has 1 heterocycles. The second kappa shape index (κ2) is 19.6. The van der Waals surface area contributed by atoms with Crippen molar-refractivity contribution in [2.75, 3.05) is 19.6 Å². The number of aliphatic hydroxyl groups is 1. The van der Waals surface area contributed by atoms with E-state index < -0.39 is 65.9 Å². The van der Waals surface area contributed by atoms with E-state index in [0.717, 1.165) is 0 Å². The largest absolute Gasteiger partial charge is 0.508 e. The Morgan fingerprint density at radius 3 is 2.02 bits per heavy atom. The minimum atomic E-state index is -1.60. The summed E-state index contributed by atoms with van der Waals surface area (Å²) in [4.78, 5) is 74.5. The quantitative estimate of drug-likeness (QED) is 0.0378. The predicted molar refractivity (Wildman–Crippen MR) is 179 cm³/mol. The first-order valence-electron chi connectivity index (χ1n) is 15.9. The first-order valence-corrected chi connectivity index (χ1v) is 15.9. The maximum Gasteiger partial charge on any atom is 0.328 e. The van der Waals surface area contributed by atoms with Crippen molar-refractivity contribution < 1.29 is 39.3 Å². The monoisotopic (exact) mass is 691 g/mol. The highest BCUT2D eigenvalue weighted by Gasteiger charge is 2.40. The second-order valence-corrected chi connectivity index (χ2v) is 11.8. The molecule has 1 fully saturated rings. The van der Waals surface area contributed by atoms with Crippen LogP contribution in [0.3, 0.4) is 0 Å². The molecule has 19 heteroatoms. The van der Waals surface area contributed by atoms with E-state index in [1.54, 1.807) is 12.1 Å². The summed E-state index contributed by atoms with van der Waals surface area (Å²) in [5, 5.41) is 36.6. The van der Waals surface area contributed by atoms with Crippen LogP contribution in [-0.4, -0.2) is 118 Å². The first-order chi connectivity index (χ1) is 23.1. The number of hydrogen-bond donors (Lipinski definition) is 11. The minimum absolute atomic E-state index is 0.00431. The highest BCUT2D eigenvalue weighted by atomic mass is 16.4.